The van der Waals surface area contributed by atoms with Crippen LogP contribution in [0.1, 0.15) is 12.8 Å². The molecule has 7 heteroatoms. The van der Waals surface area contributed by atoms with Gasteiger partial charge in [0.15, 0.2) is 0 Å². The maximum atomic E-state index is 12.1. The number of nitrogens with two attached hydrogens (primary N) is 1. The van der Waals surface area contributed by atoms with Crippen molar-refractivity contribution in [3.8, 4) is 0 Å². The van der Waals surface area contributed by atoms with Gasteiger partial charge in [-0.2, -0.15) is 0 Å². The SMILES string of the molecule is CN(CCCC(N)=O)S(=O)(=O)c1ccc(Cl)cc1. The van der Waals surface area contributed by atoms with E-state index in [0.717, 1.165) is 0 Å². The molecule has 2 N–H and O–H groups in total. The van der Waals surface area contributed by atoms with Gasteiger partial charge in [-0.3, -0.25) is 4.79 Å². The normalized spacial score (nSPS) is 11.7. The number of rotatable bonds is 6. The molecule has 0 saturated carbocycles. The van der Waals surface area contributed by atoms with E-state index in [4.69, 9.17) is 17.3 Å². The molecule has 0 heterocycles. The van der Waals surface area contributed by atoms with E-state index in [9.17, 15) is 13.2 Å². The summed E-state index contributed by atoms with van der Waals surface area (Å²) in [6, 6.07) is 5.93. The summed E-state index contributed by atoms with van der Waals surface area (Å²) in [5.41, 5.74) is 4.99. The van der Waals surface area contributed by atoms with Crippen molar-refractivity contribution >= 4 is 27.5 Å². The van der Waals surface area contributed by atoms with Crippen molar-refractivity contribution in [2.75, 3.05) is 13.6 Å². The van der Waals surface area contributed by atoms with Crippen LogP contribution in [0.2, 0.25) is 5.02 Å². The third-order valence-electron chi connectivity index (χ3n) is 2.42. The maximum Gasteiger partial charge on any atom is 0.242 e. The summed E-state index contributed by atoms with van der Waals surface area (Å²) in [4.78, 5) is 10.8. The molecule has 0 bridgehead atoms. The average Bonchev–Trinajstić information content (AvgIpc) is 2.28. The van der Waals surface area contributed by atoms with Gasteiger partial charge in [-0.05, 0) is 30.7 Å². The van der Waals surface area contributed by atoms with Crippen LogP contribution < -0.4 is 5.73 Å². The Kier molecular flexibility index (Phi) is 5.13. The lowest BCUT2D eigenvalue weighted by molar-refractivity contribution is -0.118. The zero-order chi connectivity index (χ0) is 13.8. The van der Waals surface area contributed by atoms with Crippen LogP contribution in [0.25, 0.3) is 0 Å². The van der Waals surface area contributed by atoms with E-state index in [2.05, 4.69) is 0 Å². The van der Waals surface area contributed by atoms with E-state index in [-0.39, 0.29) is 17.9 Å². The molecule has 1 aromatic rings. The molecule has 1 aromatic carbocycles. The molecule has 5 nitrogen and oxygen atoms in total. The molecule has 0 aromatic heterocycles. The van der Waals surface area contributed by atoms with Crippen LogP contribution in [-0.2, 0) is 14.8 Å². The molecule has 0 unspecified atom stereocenters. The van der Waals surface area contributed by atoms with Crippen molar-refractivity contribution in [1.82, 2.24) is 4.31 Å². The molecule has 0 fully saturated rings. The first kappa shape index (κ1) is 14.9. The third-order valence-corrected chi connectivity index (χ3v) is 4.54. The summed E-state index contributed by atoms with van der Waals surface area (Å²) >= 11 is 5.70. The molecular weight excluding hydrogens is 276 g/mol. The van der Waals surface area contributed by atoms with Crippen LogP contribution in [0.5, 0.6) is 0 Å². The third kappa shape index (κ3) is 3.97. The molecule has 0 radical (unpaired) electrons. The summed E-state index contributed by atoms with van der Waals surface area (Å²) in [6.45, 7) is 0.244. The Bertz CT molecular complexity index is 514. The molecule has 0 spiro atoms. The van der Waals surface area contributed by atoms with Crippen molar-refractivity contribution in [2.45, 2.75) is 17.7 Å². The van der Waals surface area contributed by atoms with Gasteiger partial charge in [0.1, 0.15) is 0 Å². The zero-order valence-corrected chi connectivity index (χ0v) is 11.5. The van der Waals surface area contributed by atoms with E-state index >= 15 is 0 Å². The summed E-state index contributed by atoms with van der Waals surface area (Å²) < 4.78 is 25.4. The number of sulfonamides is 1. The number of hydrogen-bond acceptors (Lipinski definition) is 3. The predicted octanol–water partition coefficient (Wildman–Crippen LogP) is 1.23. The molecule has 1 rings (SSSR count). The zero-order valence-electron chi connectivity index (χ0n) is 9.97. The minimum absolute atomic E-state index is 0.167. The molecule has 0 atom stereocenters. The van der Waals surface area contributed by atoms with E-state index < -0.39 is 15.9 Å². The lowest BCUT2D eigenvalue weighted by atomic mass is 10.3. The maximum absolute atomic E-state index is 12.1. The van der Waals surface area contributed by atoms with Crippen molar-refractivity contribution in [2.24, 2.45) is 5.73 Å². The van der Waals surface area contributed by atoms with Crippen molar-refractivity contribution in [1.29, 1.82) is 0 Å². The highest BCUT2D eigenvalue weighted by Gasteiger charge is 2.20. The Morgan fingerprint density at radius 3 is 2.39 bits per heavy atom. The van der Waals surface area contributed by atoms with E-state index in [1.807, 2.05) is 0 Å². The van der Waals surface area contributed by atoms with Crippen molar-refractivity contribution in [3.05, 3.63) is 29.3 Å². The van der Waals surface area contributed by atoms with E-state index in [1.165, 1.54) is 35.6 Å². The Labute approximate surface area is 112 Å². The Hall–Kier alpha value is -1.11. The molecule has 0 aliphatic carbocycles. The highest BCUT2D eigenvalue weighted by molar-refractivity contribution is 7.89. The first-order valence-corrected chi connectivity index (χ1v) is 7.16. The number of carbonyl (C=O) groups is 1. The number of carbonyl (C=O) groups excluding carboxylic acids is 1. The molecule has 0 aliphatic heterocycles. The lowest BCUT2D eigenvalue weighted by Crippen LogP contribution is -2.28. The van der Waals surface area contributed by atoms with Gasteiger partial charge in [0.25, 0.3) is 0 Å². The average molecular weight is 291 g/mol. The smallest absolute Gasteiger partial charge is 0.242 e. The number of benzene rings is 1. The second kappa shape index (κ2) is 6.17. The monoisotopic (exact) mass is 290 g/mol. The van der Waals surface area contributed by atoms with E-state index in [0.29, 0.717) is 11.4 Å². The van der Waals surface area contributed by atoms with Crippen LogP contribution >= 0.6 is 11.6 Å². The summed E-state index contributed by atoms with van der Waals surface area (Å²) in [7, 11) is -2.07. The number of amides is 1. The Morgan fingerprint density at radius 2 is 1.89 bits per heavy atom. The van der Waals surface area contributed by atoms with Crippen LogP contribution in [0, 0.1) is 0 Å². The van der Waals surface area contributed by atoms with Gasteiger partial charge >= 0.3 is 0 Å². The Morgan fingerprint density at radius 1 is 1.33 bits per heavy atom. The van der Waals surface area contributed by atoms with Gasteiger partial charge < -0.3 is 5.73 Å². The fourth-order valence-corrected chi connectivity index (χ4v) is 2.72. The fraction of sp³-hybridized carbons (Fsp3) is 0.364. The minimum Gasteiger partial charge on any atom is -0.370 e. The number of primary amides is 1. The number of halogens is 1. The van der Waals surface area contributed by atoms with Crippen LogP contribution in [-0.4, -0.2) is 32.2 Å². The predicted molar refractivity (Wildman–Crippen MR) is 69.7 cm³/mol. The summed E-state index contributed by atoms with van der Waals surface area (Å²) in [5, 5.41) is 0.477. The topological polar surface area (TPSA) is 80.5 Å². The van der Waals surface area contributed by atoms with Gasteiger partial charge in [0.05, 0.1) is 4.90 Å². The number of nitrogens with zero attached hydrogens (tertiary/aromatic N) is 1. The molecular formula is C11H15ClN2O3S. The van der Waals surface area contributed by atoms with E-state index in [1.54, 1.807) is 0 Å². The van der Waals surface area contributed by atoms with Crippen LogP contribution in [0.4, 0.5) is 0 Å². The minimum atomic E-state index is -3.53. The highest BCUT2D eigenvalue weighted by Crippen LogP contribution is 2.17. The van der Waals surface area contributed by atoms with Gasteiger partial charge in [-0.1, -0.05) is 11.6 Å². The summed E-state index contributed by atoms with van der Waals surface area (Å²) in [6.07, 6.45) is 0.569. The quantitative estimate of drug-likeness (QED) is 0.855. The van der Waals surface area contributed by atoms with Crippen LogP contribution in [0.15, 0.2) is 29.2 Å². The van der Waals surface area contributed by atoms with Gasteiger partial charge in [-0.25, -0.2) is 12.7 Å². The first-order chi connectivity index (χ1) is 8.34. The van der Waals surface area contributed by atoms with Gasteiger partial charge in [0.2, 0.25) is 15.9 Å². The van der Waals surface area contributed by atoms with Crippen molar-refractivity contribution < 1.29 is 13.2 Å². The second-order valence-electron chi connectivity index (χ2n) is 3.85. The molecule has 0 aliphatic rings. The molecule has 18 heavy (non-hydrogen) atoms. The van der Waals surface area contributed by atoms with Crippen molar-refractivity contribution in [3.63, 3.8) is 0 Å². The lowest BCUT2D eigenvalue weighted by Gasteiger charge is -2.16. The van der Waals surface area contributed by atoms with Crippen LogP contribution in [0.3, 0.4) is 0 Å². The molecule has 100 valence electrons. The first-order valence-electron chi connectivity index (χ1n) is 5.34. The number of hydrogen-bond donors (Lipinski definition) is 1. The fourth-order valence-electron chi connectivity index (χ4n) is 1.38. The summed E-state index contributed by atoms with van der Waals surface area (Å²) in [5.74, 6) is -0.438. The van der Waals surface area contributed by atoms with Gasteiger partial charge in [0, 0.05) is 25.0 Å². The largest absolute Gasteiger partial charge is 0.370 e. The van der Waals surface area contributed by atoms with Gasteiger partial charge in [-0.15, -0.1) is 0 Å². The molecule has 1 amide bonds. The molecule has 0 saturated heterocycles. The highest BCUT2D eigenvalue weighted by atomic mass is 35.5. The standard InChI is InChI=1S/C11H15ClN2O3S/c1-14(8-2-3-11(13)15)18(16,17)10-6-4-9(12)5-7-10/h4-7H,2-3,8H2,1H3,(H2,13,15). The Balaban J connectivity index is 2.73. The second-order valence-corrected chi connectivity index (χ2v) is 6.33.